The van der Waals surface area contributed by atoms with Gasteiger partial charge in [-0.25, -0.2) is 0 Å². The van der Waals surface area contributed by atoms with Gasteiger partial charge in [0.15, 0.2) is 0 Å². The summed E-state index contributed by atoms with van der Waals surface area (Å²) in [4.78, 5) is 59.8. The summed E-state index contributed by atoms with van der Waals surface area (Å²) in [6.45, 7) is 5.72. The standard InChI is InChI=1S/C37H43N3O7/c1-23(2)27(22-41)40-33-35(44)39(21-25-13-7-4-8-14-25)20-12-6-11-17-29(42)38-24(3)32(26-15-9-5-10-16-26)46-36(45)30-28-18-19-37(33,47-28)31(30)34(40)43/h4-10,12-16,18-19,23-24,27-28,30-33,41H,11,17,20-22H2,1-3H3,(H,38,42)/b12-6-/t24-,27-,28+,30-,31-,32+,33+,37-/m0/s1. The zero-order valence-electron chi connectivity index (χ0n) is 27.0. The Morgan fingerprint density at radius 3 is 2.36 bits per heavy atom. The molecule has 0 radical (unpaired) electrons. The van der Waals surface area contributed by atoms with Crippen molar-refractivity contribution in [2.45, 2.75) is 76.1 Å². The third-order valence-electron chi connectivity index (χ3n) is 9.90. The van der Waals surface area contributed by atoms with E-state index in [0.29, 0.717) is 12.0 Å². The third kappa shape index (κ3) is 6.00. The van der Waals surface area contributed by atoms with E-state index in [1.54, 1.807) is 24.0 Å². The Morgan fingerprint density at radius 2 is 1.68 bits per heavy atom. The number of nitrogens with one attached hydrogen (secondary N) is 1. The van der Waals surface area contributed by atoms with E-state index in [0.717, 1.165) is 5.56 Å². The first kappa shape index (κ1) is 32.7. The van der Waals surface area contributed by atoms with Crippen molar-refractivity contribution >= 4 is 23.7 Å². The van der Waals surface area contributed by atoms with Crippen LogP contribution >= 0.6 is 0 Å². The van der Waals surface area contributed by atoms with Gasteiger partial charge in [-0.1, -0.05) is 98.8 Å². The summed E-state index contributed by atoms with van der Waals surface area (Å²) in [7, 11) is 0. The second-order valence-corrected chi connectivity index (χ2v) is 13.3. The highest BCUT2D eigenvalue weighted by Gasteiger charge is 2.74. The first-order valence-electron chi connectivity index (χ1n) is 16.5. The van der Waals surface area contributed by atoms with Gasteiger partial charge in [0.1, 0.15) is 23.7 Å². The van der Waals surface area contributed by atoms with Crippen LogP contribution in [0.25, 0.3) is 0 Å². The number of carbonyl (C=O) groups excluding carboxylic acids is 4. The van der Waals surface area contributed by atoms with Crippen molar-refractivity contribution in [3.8, 4) is 0 Å². The molecule has 0 aromatic heterocycles. The molecule has 0 aliphatic carbocycles. The number of likely N-dealkylation sites (tertiary alicyclic amines) is 1. The minimum Gasteiger partial charge on any atom is -0.455 e. The molecule has 2 aromatic rings. The molecule has 4 heterocycles. The summed E-state index contributed by atoms with van der Waals surface area (Å²) in [6.07, 6.45) is 6.31. The van der Waals surface area contributed by atoms with Gasteiger partial charge in [-0.3, -0.25) is 19.2 Å². The highest BCUT2D eigenvalue weighted by atomic mass is 16.6. The lowest BCUT2D eigenvalue weighted by molar-refractivity contribution is -0.162. The zero-order chi connectivity index (χ0) is 33.3. The number of carbonyl (C=O) groups is 4. The maximum absolute atomic E-state index is 14.9. The molecule has 47 heavy (non-hydrogen) atoms. The van der Waals surface area contributed by atoms with Gasteiger partial charge in [0.2, 0.25) is 17.7 Å². The zero-order valence-corrected chi connectivity index (χ0v) is 27.0. The summed E-state index contributed by atoms with van der Waals surface area (Å²) < 4.78 is 12.8. The molecule has 8 atom stereocenters. The van der Waals surface area contributed by atoms with Crippen LogP contribution in [0.4, 0.5) is 0 Å². The Kier molecular flexibility index (Phi) is 9.34. The normalized spacial score (nSPS) is 32.4. The second-order valence-electron chi connectivity index (χ2n) is 13.3. The first-order chi connectivity index (χ1) is 22.7. The van der Waals surface area contributed by atoms with Crippen molar-refractivity contribution in [1.29, 1.82) is 0 Å². The largest absolute Gasteiger partial charge is 0.455 e. The molecule has 3 amide bonds. The molecule has 10 heteroatoms. The molecule has 5 bridgehead atoms. The minimum atomic E-state index is -1.42. The van der Waals surface area contributed by atoms with Crippen molar-refractivity contribution in [3.05, 3.63) is 96.1 Å². The monoisotopic (exact) mass is 641 g/mol. The van der Waals surface area contributed by atoms with Gasteiger partial charge in [-0.05, 0) is 30.4 Å². The van der Waals surface area contributed by atoms with E-state index in [2.05, 4.69) is 5.32 Å². The predicted molar refractivity (Wildman–Crippen MR) is 173 cm³/mol. The molecule has 0 unspecified atom stereocenters. The van der Waals surface area contributed by atoms with Crippen molar-refractivity contribution in [2.24, 2.45) is 17.8 Å². The fourth-order valence-electron chi connectivity index (χ4n) is 7.58. The van der Waals surface area contributed by atoms with Gasteiger partial charge in [0.25, 0.3) is 0 Å². The third-order valence-corrected chi connectivity index (χ3v) is 9.90. The van der Waals surface area contributed by atoms with Crippen molar-refractivity contribution < 1.29 is 33.8 Å². The topological polar surface area (TPSA) is 125 Å². The van der Waals surface area contributed by atoms with Crippen LogP contribution in [0.2, 0.25) is 0 Å². The fourth-order valence-corrected chi connectivity index (χ4v) is 7.58. The summed E-state index contributed by atoms with van der Waals surface area (Å²) in [6, 6.07) is 16.4. The number of cyclic esters (lactones) is 1. The van der Waals surface area contributed by atoms with Crippen molar-refractivity contribution in [2.75, 3.05) is 13.2 Å². The summed E-state index contributed by atoms with van der Waals surface area (Å²) in [5.74, 6) is -3.83. The minimum absolute atomic E-state index is 0.187. The molecule has 4 aliphatic rings. The van der Waals surface area contributed by atoms with Crippen molar-refractivity contribution in [3.63, 3.8) is 0 Å². The number of allylic oxidation sites excluding steroid dienone is 1. The number of hydrogen-bond acceptors (Lipinski definition) is 7. The highest BCUT2D eigenvalue weighted by Crippen LogP contribution is 2.56. The van der Waals surface area contributed by atoms with Crippen LogP contribution in [0.15, 0.2) is 85.0 Å². The smallest absolute Gasteiger partial charge is 0.313 e. The lowest BCUT2D eigenvalue weighted by atomic mass is 9.74. The average Bonchev–Trinajstić information content (AvgIpc) is 3.71. The van der Waals surface area contributed by atoms with Crippen LogP contribution in [0, 0.1) is 17.8 Å². The molecule has 0 saturated carbocycles. The molecule has 4 aliphatic heterocycles. The van der Waals surface area contributed by atoms with Gasteiger partial charge < -0.3 is 29.7 Å². The number of fused-ring (bicyclic) bond motifs is 2. The molecule has 2 N–H and O–H groups in total. The van der Waals surface area contributed by atoms with Crippen LogP contribution in [0.5, 0.6) is 0 Å². The van der Waals surface area contributed by atoms with E-state index in [1.807, 2.05) is 86.7 Å². The Hall–Kier alpha value is -4.28. The molecular formula is C37H43N3O7. The van der Waals surface area contributed by atoms with Gasteiger partial charge in [-0.15, -0.1) is 0 Å². The second kappa shape index (κ2) is 13.4. The van der Waals surface area contributed by atoms with E-state index in [1.165, 1.54) is 4.90 Å². The maximum Gasteiger partial charge on any atom is 0.313 e. The number of hydrogen-bond donors (Lipinski definition) is 2. The van der Waals surface area contributed by atoms with Crippen molar-refractivity contribution in [1.82, 2.24) is 15.1 Å². The van der Waals surface area contributed by atoms with E-state index in [4.69, 9.17) is 9.47 Å². The van der Waals surface area contributed by atoms with Gasteiger partial charge in [0.05, 0.1) is 30.7 Å². The molecule has 6 rings (SSSR count). The lowest BCUT2D eigenvalue weighted by Crippen LogP contribution is -2.59. The predicted octanol–water partition coefficient (Wildman–Crippen LogP) is 3.32. The summed E-state index contributed by atoms with van der Waals surface area (Å²) in [5, 5.41) is 13.6. The quantitative estimate of drug-likeness (QED) is 0.366. The van der Waals surface area contributed by atoms with Gasteiger partial charge >= 0.3 is 5.97 Å². The summed E-state index contributed by atoms with van der Waals surface area (Å²) >= 11 is 0. The molecule has 2 saturated heterocycles. The number of esters is 1. The lowest BCUT2D eigenvalue weighted by Gasteiger charge is -2.40. The summed E-state index contributed by atoms with van der Waals surface area (Å²) in [5.41, 5.74) is 0.186. The molecule has 248 valence electrons. The Bertz CT molecular complexity index is 1540. The fraction of sp³-hybridized carbons (Fsp3) is 0.459. The number of benzene rings is 2. The van der Waals surface area contributed by atoms with E-state index in [9.17, 15) is 24.3 Å². The van der Waals surface area contributed by atoms with E-state index >= 15 is 0 Å². The number of nitrogens with zero attached hydrogens (tertiary/aromatic N) is 2. The van der Waals surface area contributed by atoms with Gasteiger partial charge in [-0.2, -0.15) is 0 Å². The molecule has 10 nitrogen and oxygen atoms in total. The van der Waals surface area contributed by atoms with Gasteiger partial charge in [0, 0.05) is 19.5 Å². The number of rotatable bonds is 6. The van der Waals surface area contributed by atoms with Crippen LogP contribution in [-0.2, 0) is 35.2 Å². The molecule has 2 fully saturated rings. The SMILES string of the molecule is CC(C)[C@H](CO)N1C(=O)[C@@H]2[C@H]3C(=O)O[C@@H](c4ccccc4)[C@H](C)NC(=O)CC/C=C\CN(Cc4ccccc4)C(=O)[C@@H]1[C@]21C=C[C@H]3O1. The van der Waals surface area contributed by atoms with E-state index < -0.39 is 59.6 Å². The molecule has 2 aromatic carbocycles. The number of aliphatic hydroxyl groups excluding tert-OH is 1. The van der Waals surface area contributed by atoms with Crippen LogP contribution in [0.3, 0.4) is 0 Å². The number of amides is 3. The highest BCUT2D eigenvalue weighted by molar-refractivity contribution is 5.99. The van der Waals surface area contributed by atoms with E-state index in [-0.39, 0.29) is 43.8 Å². The Balaban J connectivity index is 1.45. The molecule has 1 spiro atoms. The number of ether oxygens (including phenoxy) is 2. The Morgan fingerprint density at radius 1 is 0.979 bits per heavy atom. The van der Waals surface area contributed by atoms with Crippen LogP contribution < -0.4 is 5.32 Å². The first-order valence-corrected chi connectivity index (χ1v) is 16.5. The average molecular weight is 642 g/mol. The maximum atomic E-state index is 14.9. The van der Waals surface area contributed by atoms with Crippen LogP contribution in [0.1, 0.15) is 50.8 Å². The Labute approximate surface area is 275 Å². The van der Waals surface area contributed by atoms with Crippen LogP contribution in [-0.4, -0.2) is 81.6 Å². The molecular weight excluding hydrogens is 598 g/mol. The number of aliphatic hydroxyl groups is 1.